The van der Waals surface area contributed by atoms with Gasteiger partial charge in [-0.3, -0.25) is 14.4 Å². The summed E-state index contributed by atoms with van der Waals surface area (Å²) >= 11 is 0. The second kappa shape index (κ2) is 4.62. The molecule has 3 amide bonds. The summed E-state index contributed by atoms with van der Waals surface area (Å²) < 4.78 is 35.2. The Kier molecular flexibility index (Phi) is 4.07. The molecule has 9 heteroatoms. The molecule has 0 aliphatic rings. The van der Waals surface area contributed by atoms with Crippen LogP contribution in [0.4, 0.5) is 13.2 Å². The minimum Gasteiger partial charge on any atom is -0.370 e. The predicted octanol–water partition coefficient (Wildman–Crippen LogP) is -1.61. The minimum absolute atomic E-state index is 0.781. The maximum atomic E-state index is 11.7. The molecule has 0 spiro atoms. The molecule has 0 rings (SSSR count). The highest BCUT2D eigenvalue weighted by molar-refractivity contribution is 5.92. The van der Waals surface area contributed by atoms with Gasteiger partial charge in [-0.15, -0.1) is 0 Å². The summed E-state index contributed by atoms with van der Waals surface area (Å²) in [6, 6.07) is -1.75. The summed E-state index contributed by atoms with van der Waals surface area (Å²) in [7, 11) is 0. The lowest BCUT2D eigenvalue weighted by Gasteiger charge is -2.14. The number of rotatable bonds is 4. The average Bonchev–Trinajstić information content (AvgIpc) is 1.99. The van der Waals surface area contributed by atoms with Gasteiger partial charge in [-0.2, -0.15) is 13.2 Å². The first-order valence-corrected chi connectivity index (χ1v) is 3.60. The third kappa shape index (κ3) is 4.84. The van der Waals surface area contributed by atoms with Crippen LogP contribution in [0.15, 0.2) is 0 Å². The largest absolute Gasteiger partial charge is 0.471 e. The van der Waals surface area contributed by atoms with Crippen molar-refractivity contribution in [2.45, 2.75) is 18.6 Å². The van der Waals surface area contributed by atoms with E-state index in [1.165, 1.54) is 5.32 Å². The molecule has 0 aliphatic heterocycles. The first-order valence-electron chi connectivity index (χ1n) is 3.60. The van der Waals surface area contributed by atoms with Gasteiger partial charge >= 0.3 is 12.1 Å². The number of hydrogen-bond donors (Lipinski definition) is 3. The number of nitrogens with one attached hydrogen (secondary N) is 1. The fourth-order valence-electron chi connectivity index (χ4n) is 0.664. The topological polar surface area (TPSA) is 115 Å². The van der Waals surface area contributed by atoms with Crippen LogP contribution in [-0.2, 0) is 14.4 Å². The lowest BCUT2D eigenvalue weighted by atomic mass is 10.2. The van der Waals surface area contributed by atoms with Gasteiger partial charge in [0.25, 0.3) is 0 Å². The van der Waals surface area contributed by atoms with Crippen LogP contribution in [0.5, 0.6) is 0 Å². The summed E-state index contributed by atoms with van der Waals surface area (Å²) in [5, 5.41) is 1.25. The van der Waals surface area contributed by atoms with Gasteiger partial charge in [0.2, 0.25) is 11.8 Å². The Morgan fingerprint density at radius 3 is 1.93 bits per heavy atom. The molecule has 15 heavy (non-hydrogen) atoms. The van der Waals surface area contributed by atoms with Gasteiger partial charge in [0.05, 0.1) is 6.42 Å². The molecular formula is C6H8F3N3O3. The Balaban J connectivity index is 4.50. The Morgan fingerprint density at radius 1 is 1.20 bits per heavy atom. The second-order valence-corrected chi connectivity index (χ2v) is 2.60. The normalized spacial score (nSPS) is 13.0. The lowest BCUT2D eigenvalue weighted by molar-refractivity contribution is -0.174. The van der Waals surface area contributed by atoms with Crippen molar-refractivity contribution in [3.05, 3.63) is 0 Å². The van der Waals surface area contributed by atoms with Crippen molar-refractivity contribution in [2.24, 2.45) is 11.5 Å². The first kappa shape index (κ1) is 13.2. The second-order valence-electron chi connectivity index (χ2n) is 2.60. The highest BCUT2D eigenvalue weighted by Gasteiger charge is 2.40. The molecule has 0 saturated heterocycles. The molecule has 0 unspecified atom stereocenters. The molecule has 0 fully saturated rings. The molecular weight excluding hydrogens is 219 g/mol. The number of halogens is 3. The van der Waals surface area contributed by atoms with Crippen LogP contribution >= 0.6 is 0 Å². The Labute approximate surface area is 81.8 Å². The number of primary amides is 2. The van der Waals surface area contributed by atoms with Crippen molar-refractivity contribution in [3.63, 3.8) is 0 Å². The summed E-state index contributed by atoms with van der Waals surface area (Å²) in [6.45, 7) is 0. The van der Waals surface area contributed by atoms with Crippen molar-refractivity contribution in [1.29, 1.82) is 0 Å². The molecule has 0 radical (unpaired) electrons. The van der Waals surface area contributed by atoms with Crippen molar-refractivity contribution < 1.29 is 27.6 Å². The molecule has 0 saturated carbocycles. The van der Waals surface area contributed by atoms with Crippen LogP contribution in [0.2, 0.25) is 0 Å². The SMILES string of the molecule is NC(=O)C[C@H](NC(=O)C(F)(F)F)C(N)=O. The fourth-order valence-corrected chi connectivity index (χ4v) is 0.664. The van der Waals surface area contributed by atoms with E-state index in [2.05, 4.69) is 11.5 Å². The number of carbonyl (C=O) groups excluding carboxylic acids is 3. The smallest absolute Gasteiger partial charge is 0.370 e. The van der Waals surface area contributed by atoms with Gasteiger partial charge in [-0.05, 0) is 0 Å². The maximum absolute atomic E-state index is 11.7. The third-order valence-electron chi connectivity index (χ3n) is 1.31. The van der Waals surface area contributed by atoms with E-state index in [-0.39, 0.29) is 0 Å². The molecule has 0 heterocycles. The zero-order chi connectivity index (χ0) is 12.2. The fraction of sp³-hybridized carbons (Fsp3) is 0.500. The Hall–Kier alpha value is -1.80. The van der Waals surface area contributed by atoms with Crippen molar-refractivity contribution in [1.82, 2.24) is 5.32 Å². The van der Waals surface area contributed by atoms with E-state index in [1.807, 2.05) is 0 Å². The number of nitrogens with two attached hydrogens (primary N) is 2. The average molecular weight is 227 g/mol. The summed E-state index contributed by atoms with van der Waals surface area (Å²) in [5.41, 5.74) is 9.28. The van der Waals surface area contributed by atoms with Gasteiger partial charge in [-0.1, -0.05) is 0 Å². The highest BCUT2D eigenvalue weighted by Crippen LogP contribution is 2.14. The minimum atomic E-state index is -5.15. The van der Waals surface area contributed by atoms with E-state index in [0.717, 1.165) is 0 Å². The summed E-state index contributed by atoms with van der Waals surface area (Å²) in [6.07, 6.45) is -5.93. The van der Waals surface area contributed by atoms with Crippen LogP contribution in [0.25, 0.3) is 0 Å². The van der Waals surface area contributed by atoms with Gasteiger partial charge in [0, 0.05) is 0 Å². The van der Waals surface area contributed by atoms with Crippen LogP contribution < -0.4 is 16.8 Å². The molecule has 86 valence electrons. The number of amides is 3. The Morgan fingerprint density at radius 2 is 1.67 bits per heavy atom. The van der Waals surface area contributed by atoms with E-state index < -0.39 is 36.4 Å². The number of carbonyl (C=O) groups is 3. The van der Waals surface area contributed by atoms with E-state index in [9.17, 15) is 27.6 Å². The van der Waals surface area contributed by atoms with Crippen LogP contribution in [0.3, 0.4) is 0 Å². The monoisotopic (exact) mass is 227 g/mol. The van der Waals surface area contributed by atoms with Crippen molar-refractivity contribution >= 4 is 17.7 Å². The van der Waals surface area contributed by atoms with E-state index >= 15 is 0 Å². The molecule has 0 aromatic rings. The highest BCUT2D eigenvalue weighted by atomic mass is 19.4. The third-order valence-corrected chi connectivity index (χ3v) is 1.31. The number of hydrogen-bond acceptors (Lipinski definition) is 3. The van der Waals surface area contributed by atoms with Gasteiger partial charge in [0.1, 0.15) is 6.04 Å². The molecule has 1 atom stereocenters. The molecule has 6 nitrogen and oxygen atoms in total. The summed E-state index contributed by atoms with van der Waals surface area (Å²) in [4.78, 5) is 31.2. The molecule has 0 aliphatic carbocycles. The molecule has 0 aromatic heterocycles. The van der Waals surface area contributed by atoms with E-state index in [0.29, 0.717) is 0 Å². The van der Waals surface area contributed by atoms with Crippen molar-refractivity contribution in [3.8, 4) is 0 Å². The zero-order valence-electron chi connectivity index (χ0n) is 7.30. The van der Waals surface area contributed by atoms with Crippen LogP contribution in [0, 0.1) is 0 Å². The standard InChI is InChI=1S/C6H8F3N3O3/c7-6(8,9)5(15)12-2(4(11)14)1-3(10)13/h2H,1H2,(H2,10,13)(H2,11,14)(H,12,15)/t2-/m0/s1. The molecule has 0 aromatic carbocycles. The lowest BCUT2D eigenvalue weighted by Crippen LogP contribution is -2.50. The number of alkyl halides is 3. The van der Waals surface area contributed by atoms with Gasteiger partial charge in [-0.25, -0.2) is 0 Å². The quantitative estimate of drug-likeness (QED) is 0.536. The van der Waals surface area contributed by atoms with Crippen LogP contribution in [0.1, 0.15) is 6.42 Å². The zero-order valence-corrected chi connectivity index (χ0v) is 7.30. The van der Waals surface area contributed by atoms with E-state index in [4.69, 9.17) is 0 Å². The van der Waals surface area contributed by atoms with Crippen LogP contribution in [-0.4, -0.2) is 29.9 Å². The molecule has 0 bridgehead atoms. The Bertz CT molecular complexity index is 289. The maximum Gasteiger partial charge on any atom is 0.471 e. The van der Waals surface area contributed by atoms with E-state index in [1.54, 1.807) is 0 Å². The first-order chi connectivity index (χ1) is 6.64. The summed E-state index contributed by atoms with van der Waals surface area (Å²) in [5.74, 6) is -4.68. The molecule has 5 N–H and O–H groups in total. The van der Waals surface area contributed by atoms with Gasteiger partial charge < -0.3 is 16.8 Å². The van der Waals surface area contributed by atoms with Crippen molar-refractivity contribution in [2.75, 3.05) is 0 Å². The predicted molar refractivity (Wildman–Crippen MR) is 41.0 cm³/mol. The van der Waals surface area contributed by atoms with Gasteiger partial charge in [0.15, 0.2) is 0 Å².